The molecule has 1 aliphatic heterocycles. The van der Waals surface area contributed by atoms with E-state index in [2.05, 4.69) is 6.58 Å². The lowest BCUT2D eigenvalue weighted by atomic mass is 9.93. The van der Waals surface area contributed by atoms with E-state index >= 15 is 0 Å². The molecule has 0 spiro atoms. The molecule has 12 heavy (non-hydrogen) atoms. The van der Waals surface area contributed by atoms with E-state index in [1.165, 1.54) is 5.57 Å². The summed E-state index contributed by atoms with van der Waals surface area (Å²) in [6.07, 6.45) is 4.07. The molecular weight excluding hydrogens is 152 g/mol. The van der Waals surface area contributed by atoms with Gasteiger partial charge in [-0.3, -0.25) is 4.79 Å². The lowest BCUT2D eigenvalue weighted by Crippen LogP contribution is -2.17. The average Bonchev–Trinajstić information content (AvgIpc) is 2.33. The molecule has 0 bridgehead atoms. The Kier molecular flexibility index (Phi) is 1.91. The zero-order chi connectivity index (χ0) is 8.55. The summed E-state index contributed by atoms with van der Waals surface area (Å²) in [5.74, 6) is 0.684. The standard InChI is InChI=1S/C10H14O2/c1-7-5-8-3-2-4-12-10(11)9(8)6-7/h8-9H,1-6H2/t8-,9-/m1/s1. The van der Waals surface area contributed by atoms with Crippen LogP contribution in [0.2, 0.25) is 0 Å². The van der Waals surface area contributed by atoms with Crippen LogP contribution in [0.25, 0.3) is 0 Å². The van der Waals surface area contributed by atoms with Crippen molar-refractivity contribution in [1.82, 2.24) is 0 Å². The summed E-state index contributed by atoms with van der Waals surface area (Å²) in [5.41, 5.74) is 1.23. The molecule has 1 aliphatic carbocycles. The van der Waals surface area contributed by atoms with Gasteiger partial charge in [0.1, 0.15) is 0 Å². The summed E-state index contributed by atoms with van der Waals surface area (Å²) in [4.78, 5) is 11.4. The Morgan fingerprint density at radius 3 is 3.08 bits per heavy atom. The first-order chi connectivity index (χ1) is 5.77. The van der Waals surface area contributed by atoms with Crippen molar-refractivity contribution in [2.45, 2.75) is 25.7 Å². The van der Waals surface area contributed by atoms with Crippen LogP contribution in [0.5, 0.6) is 0 Å². The highest BCUT2D eigenvalue weighted by Gasteiger charge is 2.37. The fourth-order valence-electron chi connectivity index (χ4n) is 2.28. The molecule has 66 valence electrons. The molecule has 0 aromatic heterocycles. The van der Waals surface area contributed by atoms with Gasteiger partial charge >= 0.3 is 5.97 Å². The van der Waals surface area contributed by atoms with Crippen LogP contribution in [-0.4, -0.2) is 12.6 Å². The lowest BCUT2D eigenvalue weighted by Gasteiger charge is -2.11. The predicted molar refractivity (Wildman–Crippen MR) is 45.5 cm³/mol. The Balaban J connectivity index is 2.14. The second-order valence-electron chi connectivity index (χ2n) is 3.83. The van der Waals surface area contributed by atoms with Gasteiger partial charge in [-0.25, -0.2) is 0 Å². The third-order valence-corrected chi connectivity index (χ3v) is 2.89. The Hall–Kier alpha value is -0.790. The normalized spacial score (nSPS) is 35.7. The fourth-order valence-corrected chi connectivity index (χ4v) is 2.28. The van der Waals surface area contributed by atoms with Gasteiger partial charge in [-0.2, -0.15) is 0 Å². The van der Waals surface area contributed by atoms with E-state index < -0.39 is 0 Å². The molecule has 0 radical (unpaired) electrons. The van der Waals surface area contributed by atoms with Crippen LogP contribution in [0.4, 0.5) is 0 Å². The van der Waals surface area contributed by atoms with Gasteiger partial charge in [0.05, 0.1) is 12.5 Å². The van der Waals surface area contributed by atoms with E-state index in [1.54, 1.807) is 0 Å². The van der Waals surface area contributed by atoms with Crippen molar-refractivity contribution >= 4 is 5.97 Å². The van der Waals surface area contributed by atoms with E-state index in [-0.39, 0.29) is 11.9 Å². The summed E-state index contributed by atoms with van der Waals surface area (Å²) >= 11 is 0. The van der Waals surface area contributed by atoms with Gasteiger partial charge < -0.3 is 4.74 Å². The Labute approximate surface area is 72.6 Å². The molecule has 2 aliphatic rings. The van der Waals surface area contributed by atoms with Crippen molar-refractivity contribution in [3.05, 3.63) is 12.2 Å². The van der Waals surface area contributed by atoms with Gasteiger partial charge in [-0.05, 0) is 31.6 Å². The molecule has 2 atom stereocenters. The number of esters is 1. The van der Waals surface area contributed by atoms with Crippen molar-refractivity contribution in [3.8, 4) is 0 Å². The summed E-state index contributed by atoms with van der Waals surface area (Å²) in [6, 6.07) is 0. The molecule has 0 unspecified atom stereocenters. The molecule has 1 saturated carbocycles. The van der Waals surface area contributed by atoms with Crippen LogP contribution in [0.15, 0.2) is 12.2 Å². The van der Waals surface area contributed by atoms with Crippen LogP contribution in [0, 0.1) is 11.8 Å². The number of cyclic esters (lactones) is 1. The van der Waals surface area contributed by atoms with E-state index in [0.29, 0.717) is 12.5 Å². The maximum atomic E-state index is 11.4. The van der Waals surface area contributed by atoms with Crippen LogP contribution >= 0.6 is 0 Å². The second kappa shape index (κ2) is 2.92. The summed E-state index contributed by atoms with van der Waals surface area (Å²) in [6.45, 7) is 4.56. The Bertz CT molecular complexity index is 220. The smallest absolute Gasteiger partial charge is 0.309 e. The van der Waals surface area contributed by atoms with E-state index in [0.717, 1.165) is 25.7 Å². The quantitative estimate of drug-likeness (QED) is 0.406. The minimum Gasteiger partial charge on any atom is -0.465 e. The predicted octanol–water partition coefficient (Wildman–Crippen LogP) is 1.91. The minimum absolute atomic E-state index is 0.0103. The van der Waals surface area contributed by atoms with Gasteiger partial charge in [0.2, 0.25) is 0 Å². The van der Waals surface area contributed by atoms with Gasteiger partial charge in [0.25, 0.3) is 0 Å². The van der Waals surface area contributed by atoms with Gasteiger partial charge in [0, 0.05) is 0 Å². The number of ether oxygens (including phenoxy) is 1. The first-order valence-electron chi connectivity index (χ1n) is 4.60. The average molecular weight is 166 g/mol. The van der Waals surface area contributed by atoms with Crippen molar-refractivity contribution in [2.75, 3.05) is 6.61 Å². The summed E-state index contributed by atoms with van der Waals surface area (Å²) in [5, 5.41) is 0. The van der Waals surface area contributed by atoms with Crippen LogP contribution < -0.4 is 0 Å². The molecule has 1 heterocycles. The van der Waals surface area contributed by atoms with E-state index in [9.17, 15) is 4.79 Å². The van der Waals surface area contributed by atoms with Crippen LogP contribution in [-0.2, 0) is 9.53 Å². The van der Waals surface area contributed by atoms with Crippen molar-refractivity contribution in [3.63, 3.8) is 0 Å². The minimum atomic E-state index is 0.0103. The van der Waals surface area contributed by atoms with Crippen LogP contribution in [0.1, 0.15) is 25.7 Å². The molecule has 1 saturated heterocycles. The Morgan fingerprint density at radius 1 is 1.42 bits per heavy atom. The number of rotatable bonds is 0. The number of fused-ring (bicyclic) bond motifs is 1. The third kappa shape index (κ3) is 1.26. The number of carbonyl (C=O) groups is 1. The lowest BCUT2D eigenvalue weighted by molar-refractivity contribution is -0.147. The topological polar surface area (TPSA) is 26.3 Å². The number of carbonyl (C=O) groups excluding carboxylic acids is 1. The summed E-state index contributed by atoms with van der Waals surface area (Å²) < 4.78 is 5.09. The first kappa shape index (κ1) is 7.84. The molecular formula is C10H14O2. The maximum Gasteiger partial charge on any atom is 0.309 e. The highest BCUT2D eigenvalue weighted by Crippen LogP contribution is 2.39. The molecule has 0 N–H and O–H groups in total. The zero-order valence-corrected chi connectivity index (χ0v) is 7.21. The van der Waals surface area contributed by atoms with Crippen LogP contribution in [0.3, 0.4) is 0 Å². The molecule has 0 aromatic rings. The fraction of sp³-hybridized carbons (Fsp3) is 0.700. The van der Waals surface area contributed by atoms with Gasteiger partial charge in [-0.1, -0.05) is 12.2 Å². The van der Waals surface area contributed by atoms with E-state index in [4.69, 9.17) is 4.74 Å². The molecule has 2 heteroatoms. The summed E-state index contributed by atoms with van der Waals surface area (Å²) in [7, 11) is 0. The SMILES string of the molecule is C=C1C[C@H]2CCCOC(=O)[C@@H]2C1. The molecule has 2 rings (SSSR count). The number of allylic oxidation sites excluding steroid dienone is 1. The second-order valence-corrected chi connectivity index (χ2v) is 3.83. The first-order valence-corrected chi connectivity index (χ1v) is 4.60. The highest BCUT2D eigenvalue weighted by molar-refractivity contribution is 5.74. The number of hydrogen-bond acceptors (Lipinski definition) is 2. The third-order valence-electron chi connectivity index (χ3n) is 2.89. The van der Waals surface area contributed by atoms with Gasteiger partial charge in [-0.15, -0.1) is 0 Å². The van der Waals surface area contributed by atoms with Gasteiger partial charge in [0.15, 0.2) is 0 Å². The van der Waals surface area contributed by atoms with Crippen molar-refractivity contribution in [1.29, 1.82) is 0 Å². The Morgan fingerprint density at radius 2 is 2.25 bits per heavy atom. The monoisotopic (exact) mass is 166 g/mol. The largest absolute Gasteiger partial charge is 0.465 e. The maximum absolute atomic E-state index is 11.4. The van der Waals surface area contributed by atoms with Crippen molar-refractivity contribution in [2.24, 2.45) is 11.8 Å². The molecule has 2 nitrogen and oxygen atoms in total. The van der Waals surface area contributed by atoms with Crippen molar-refractivity contribution < 1.29 is 9.53 Å². The van der Waals surface area contributed by atoms with E-state index in [1.807, 2.05) is 0 Å². The molecule has 2 fully saturated rings. The zero-order valence-electron chi connectivity index (χ0n) is 7.21. The highest BCUT2D eigenvalue weighted by atomic mass is 16.5. The number of hydrogen-bond donors (Lipinski definition) is 0. The molecule has 0 amide bonds. The molecule has 0 aromatic carbocycles.